The van der Waals surface area contributed by atoms with Crippen molar-refractivity contribution in [1.29, 1.82) is 0 Å². The Morgan fingerprint density at radius 2 is 2.17 bits per heavy atom. The van der Waals surface area contributed by atoms with E-state index in [1.807, 2.05) is 0 Å². The highest BCUT2D eigenvalue weighted by atomic mass is 16.4. The molecular formula is C11H16N4O3. The van der Waals surface area contributed by atoms with E-state index in [1.54, 1.807) is 26.1 Å². The fraction of sp³-hybridized carbons (Fsp3) is 0.455. The summed E-state index contributed by atoms with van der Waals surface area (Å²) < 4.78 is 0. The van der Waals surface area contributed by atoms with Gasteiger partial charge in [0.25, 0.3) is 0 Å². The Bertz CT molecular complexity index is 408. The topological polar surface area (TPSA) is 104 Å². The zero-order valence-corrected chi connectivity index (χ0v) is 10.3. The number of hydrogen-bond donors (Lipinski definition) is 3. The van der Waals surface area contributed by atoms with Crippen LogP contribution in [0, 0.1) is 5.92 Å². The number of carboxylic acids is 1. The van der Waals surface area contributed by atoms with Crippen molar-refractivity contribution in [2.45, 2.75) is 26.4 Å². The molecular weight excluding hydrogens is 236 g/mol. The first-order valence-electron chi connectivity index (χ1n) is 5.52. The smallest absolute Gasteiger partial charge is 0.326 e. The van der Waals surface area contributed by atoms with Crippen molar-refractivity contribution in [1.82, 2.24) is 20.6 Å². The Morgan fingerprint density at radius 3 is 2.67 bits per heavy atom. The molecule has 0 radical (unpaired) electrons. The van der Waals surface area contributed by atoms with Crippen molar-refractivity contribution in [2.24, 2.45) is 5.92 Å². The highest BCUT2D eigenvalue weighted by Gasteiger charge is 2.23. The molecule has 0 saturated heterocycles. The van der Waals surface area contributed by atoms with Gasteiger partial charge >= 0.3 is 12.0 Å². The second-order valence-electron chi connectivity index (χ2n) is 4.09. The number of nitrogens with zero attached hydrogens (tertiary/aromatic N) is 2. The van der Waals surface area contributed by atoms with Gasteiger partial charge < -0.3 is 15.7 Å². The van der Waals surface area contributed by atoms with E-state index < -0.39 is 18.0 Å². The van der Waals surface area contributed by atoms with Gasteiger partial charge in [0.1, 0.15) is 12.4 Å². The SMILES string of the molecule is CC(C)C(NC(=O)NCc1ccncn1)C(=O)O. The predicted molar refractivity (Wildman–Crippen MR) is 63.7 cm³/mol. The van der Waals surface area contributed by atoms with Gasteiger partial charge in [0, 0.05) is 6.20 Å². The fourth-order valence-corrected chi connectivity index (χ4v) is 1.30. The lowest BCUT2D eigenvalue weighted by Crippen LogP contribution is -2.48. The van der Waals surface area contributed by atoms with Crippen LogP contribution in [0.5, 0.6) is 0 Å². The van der Waals surface area contributed by atoms with E-state index in [9.17, 15) is 9.59 Å². The minimum Gasteiger partial charge on any atom is -0.480 e. The molecule has 0 fully saturated rings. The summed E-state index contributed by atoms with van der Waals surface area (Å²) in [5.41, 5.74) is 0.650. The molecule has 7 nitrogen and oxygen atoms in total. The number of carbonyl (C=O) groups is 2. The van der Waals surface area contributed by atoms with Gasteiger partial charge in [-0.3, -0.25) is 0 Å². The largest absolute Gasteiger partial charge is 0.480 e. The van der Waals surface area contributed by atoms with E-state index in [0.717, 1.165) is 0 Å². The first-order chi connectivity index (χ1) is 8.50. The van der Waals surface area contributed by atoms with Gasteiger partial charge in [-0.25, -0.2) is 19.6 Å². The second kappa shape index (κ2) is 6.53. The van der Waals surface area contributed by atoms with Gasteiger partial charge in [0.2, 0.25) is 0 Å². The van der Waals surface area contributed by atoms with E-state index in [2.05, 4.69) is 20.6 Å². The van der Waals surface area contributed by atoms with Crippen LogP contribution in [0.4, 0.5) is 4.79 Å². The third-order valence-corrected chi connectivity index (χ3v) is 2.29. The molecule has 1 unspecified atom stereocenters. The number of carbonyl (C=O) groups excluding carboxylic acids is 1. The second-order valence-corrected chi connectivity index (χ2v) is 4.09. The first-order valence-corrected chi connectivity index (χ1v) is 5.52. The Balaban J connectivity index is 2.44. The van der Waals surface area contributed by atoms with Crippen LogP contribution >= 0.6 is 0 Å². The number of urea groups is 1. The molecule has 2 amide bonds. The van der Waals surface area contributed by atoms with E-state index in [1.165, 1.54) is 6.33 Å². The molecule has 3 N–H and O–H groups in total. The van der Waals surface area contributed by atoms with Gasteiger partial charge in [-0.15, -0.1) is 0 Å². The molecule has 0 aliphatic rings. The maximum atomic E-state index is 11.5. The van der Waals surface area contributed by atoms with Crippen LogP contribution in [0.3, 0.4) is 0 Å². The maximum absolute atomic E-state index is 11.5. The van der Waals surface area contributed by atoms with Crippen molar-refractivity contribution in [3.05, 3.63) is 24.3 Å². The molecule has 0 saturated carbocycles. The molecule has 1 aromatic heterocycles. The molecule has 18 heavy (non-hydrogen) atoms. The molecule has 0 aliphatic heterocycles. The molecule has 7 heteroatoms. The number of aliphatic carboxylic acids is 1. The average Bonchev–Trinajstić information content (AvgIpc) is 2.34. The van der Waals surface area contributed by atoms with E-state index >= 15 is 0 Å². The Labute approximate surface area is 105 Å². The molecule has 0 aliphatic carbocycles. The lowest BCUT2D eigenvalue weighted by atomic mass is 10.1. The van der Waals surface area contributed by atoms with Crippen LogP contribution in [-0.4, -0.2) is 33.1 Å². The third kappa shape index (κ3) is 4.36. The van der Waals surface area contributed by atoms with Crippen molar-refractivity contribution in [2.75, 3.05) is 0 Å². The van der Waals surface area contributed by atoms with Crippen molar-refractivity contribution < 1.29 is 14.7 Å². The molecule has 1 aromatic rings. The highest BCUT2D eigenvalue weighted by molar-refractivity contribution is 5.82. The van der Waals surface area contributed by atoms with Crippen molar-refractivity contribution >= 4 is 12.0 Å². The molecule has 0 aromatic carbocycles. The summed E-state index contributed by atoms with van der Waals surface area (Å²) in [6.45, 7) is 3.67. The minimum absolute atomic E-state index is 0.188. The van der Waals surface area contributed by atoms with Gasteiger partial charge in [-0.2, -0.15) is 0 Å². The lowest BCUT2D eigenvalue weighted by Gasteiger charge is -2.18. The van der Waals surface area contributed by atoms with Gasteiger partial charge in [0.05, 0.1) is 12.2 Å². The van der Waals surface area contributed by atoms with Gasteiger partial charge in [-0.05, 0) is 12.0 Å². The van der Waals surface area contributed by atoms with Gasteiger partial charge in [-0.1, -0.05) is 13.8 Å². The van der Waals surface area contributed by atoms with Crippen LogP contribution in [-0.2, 0) is 11.3 Å². The summed E-state index contributed by atoms with van der Waals surface area (Å²) in [5, 5.41) is 13.8. The molecule has 1 rings (SSSR count). The summed E-state index contributed by atoms with van der Waals surface area (Å²) in [7, 11) is 0. The maximum Gasteiger partial charge on any atom is 0.326 e. The van der Waals surface area contributed by atoms with E-state index in [0.29, 0.717) is 5.69 Å². The predicted octanol–water partition coefficient (Wildman–Crippen LogP) is 0.385. The van der Waals surface area contributed by atoms with E-state index in [-0.39, 0.29) is 12.5 Å². The number of aromatic nitrogens is 2. The number of rotatable bonds is 5. The summed E-state index contributed by atoms with van der Waals surface area (Å²) >= 11 is 0. The monoisotopic (exact) mass is 252 g/mol. The van der Waals surface area contributed by atoms with Crippen LogP contribution in [0.25, 0.3) is 0 Å². The average molecular weight is 252 g/mol. The molecule has 1 heterocycles. The normalized spacial score (nSPS) is 11.9. The van der Waals surface area contributed by atoms with Crippen molar-refractivity contribution in [3.8, 4) is 0 Å². The Kier molecular flexibility index (Phi) is 5.04. The third-order valence-electron chi connectivity index (χ3n) is 2.29. The van der Waals surface area contributed by atoms with Gasteiger partial charge in [0.15, 0.2) is 0 Å². The highest BCUT2D eigenvalue weighted by Crippen LogP contribution is 2.01. The van der Waals surface area contributed by atoms with Crippen molar-refractivity contribution in [3.63, 3.8) is 0 Å². The molecule has 1 atom stereocenters. The van der Waals surface area contributed by atoms with Crippen LogP contribution in [0.15, 0.2) is 18.6 Å². The zero-order valence-electron chi connectivity index (χ0n) is 10.3. The van der Waals surface area contributed by atoms with Crippen LogP contribution in [0.2, 0.25) is 0 Å². The Morgan fingerprint density at radius 1 is 1.44 bits per heavy atom. The summed E-state index contributed by atoms with van der Waals surface area (Å²) in [6, 6.07) is 0.224. The lowest BCUT2D eigenvalue weighted by molar-refractivity contribution is -0.140. The number of nitrogens with one attached hydrogen (secondary N) is 2. The quantitative estimate of drug-likeness (QED) is 0.703. The number of hydrogen-bond acceptors (Lipinski definition) is 4. The zero-order chi connectivity index (χ0) is 13.5. The molecule has 0 bridgehead atoms. The number of carboxylic acid groups (broad SMARTS) is 1. The standard InChI is InChI=1S/C11H16N4O3/c1-7(2)9(10(16)17)15-11(18)13-5-8-3-4-12-6-14-8/h3-4,6-7,9H,5H2,1-2H3,(H,16,17)(H2,13,15,18). The summed E-state index contributed by atoms with van der Waals surface area (Å²) in [5.74, 6) is -1.24. The Hall–Kier alpha value is -2.18. The molecule has 98 valence electrons. The van der Waals surface area contributed by atoms with E-state index in [4.69, 9.17) is 5.11 Å². The van der Waals surface area contributed by atoms with Crippen LogP contribution < -0.4 is 10.6 Å². The summed E-state index contributed by atoms with van der Waals surface area (Å²) in [6.07, 6.45) is 2.94. The summed E-state index contributed by atoms with van der Waals surface area (Å²) in [4.78, 5) is 30.1. The fourth-order valence-electron chi connectivity index (χ4n) is 1.30. The van der Waals surface area contributed by atoms with Crippen LogP contribution in [0.1, 0.15) is 19.5 Å². The first kappa shape index (κ1) is 13.9. The molecule has 0 spiro atoms. The minimum atomic E-state index is -1.05. The number of amides is 2.